The van der Waals surface area contributed by atoms with Gasteiger partial charge in [0.15, 0.2) is 0 Å². The molecule has 0 aliphatic heterocycles. The summed E-state index contributed by atoms with van der Waals surface area (Å²) in [5.41, 5.74) is 5.53. The summed E-state index contributed by atoms with van der Waals surface area (Å²) in [4.78, 5) is 10.7. The van der Waals surface area contributed by atoms with Crippen LogP contribution in [0.4, 0.5) is 4.79 Å². The summed E-state index contributed by atoms with van der Waals surface area (Å²) in [5.74, 6) is 0.830. The minimum Gasteiger partial charge on any atom is -0.352 e. The van der Waals surface area contributed by atoms with Gasteiger partial charge in [-0.3, -0.25) is 0 Å². The molecule has 15 heavy (non-hydrogen) atoms. The number of hydrogen-bond acceptors (Lipinski definition) is 1. The van der Waals surface area contributed by atoms with Crippen molar-refractivity contribution >= 4 is 6.03 Å². The van der Waals surface area contributed by atoms with Gasteiger partial charge < -0.3 is 11.1 Å². The minimum absolute atomic E-state index is 0.318. The highest BCUT2D eigenvalue weighted by atomic mass is 16.2. The molecule has 0 spiro atoms. The zero-order chi connectivity index (χ0) is 11.5. The zero-order valence-electron chi connectivity index (χ0n) is 10.2. The van der Waals surface area contributed by atoms with E-state index < -0.39 is 0 Å². The smallest absolute Gasteiger partial charge is 0.312 e. The fourth-order valence-electron chi connectivity index (χ4n) is 2.58. The maximum Gasteiger partial charge on any atom is 0.312 e. The second-order valence-corrected chi connectivity index (χ2v) is 5.99. The molecule has 0 aromatic heterocycles. The van der Waals surface area contributed by atoms with Crippen molar-refractivity contribution in [2.24, 2.45) is 17.1 Å². The first-order valence-electron chi connectivity index (χ1n) is 5.93. The fourth-order valence-corrected chi connectivity index (χ4v) is 2.58. The van der Waals surface area contributed by atoms with E-state index in [0.717, 1.165) is 18.8 Å². The van der Waals surface area contributed by atoms with Gasteiger partial charge in [0, 0.05) is 6.04 Å². The first-order chi connectivity index (χ1) is 6.87. The number of amides is 2. The highest BCUT2D eigenvalue weighted by Crippen LogP contribution is 2.34. The molecule has 0 heterocycles. The molecule has 3 heteroatoms. The minimum atomic E-state index is -0.380. The zero-order valence-corrected chi connectivity index (χ0v) is 10.2. The van der Waals surface area contributed by atoms with Crippen LogP contribution in [0.1, 0.15) is 52.9 Å². The van der Waals surface area contributed by atoms with Gasteiger partial charge in [-0.15, -0.1) is 0 Å². The van der Waals surface area contributed by atoms with E-state index in [1.54, 1.807) is 0 Å². The third kappa shape index (κ3) is 5.05. The van der Waals surface area contributed by atoms with Gasteiger partial charge in [-0.1, -0.05) is 20.8 Å². The molecule has 2 amide bonds. The Morgan fingerprint density at radius 2 is 1.80 bits per heavy atom. The van der Waals surface area contributed by atoms with Crippen LogP contribution in [0.5, 0.6) is 0 Å². The van der Waals surface area contributed by atoms with Gasteiger partial charge in [-0.25, -0.2) is 4.79 Å². The van der Waals surface area contributed by atoms with E-state index in [2.05, 4.69) is 26.1 Å². The Hall–Kier alpha value is -0.730. The Balaban J connectivity index is 2.27. The summed E-state index contributed by atoms with van der Waals surface area (Å²) in [7, 11) is 0. The van der Waals surface area contributed by atoms with E-state index in [1.165, 1.54) is 19.3 Å². The molecule has 3 nitrogen and oxygen atoms in total. The van der Waals surface area contributed by atoms with Gasteiger partial charge in [0.25, 0.3) is 0 Å². The maximum atomic E-state index is 10.7. The number of nitrogens with one attached hydrogen (secondary N) is 1. The van der Waals surface area contributed by atoms with E-state index in [1.807, 2.05) is 0 Å². The summed E-state index contributed by atoms with van der Waals surface area (Å²) in [6.07, 6.45) is 5.91. The predicted molar refractivity (Wildman–Crippen MR) is 62.5 cm³/mol. The monoisotopic (exact) mass is 212 g/mol. The Morgan fingerprint density at radius 3 is 2.20 bits per heavy atom. The van der Waals surface area contributed by atoms with Crippen molar-refractivity contribution in [1.82, 2.24) is 5.32 Å². The highest BCUT2D eigenvalue weighted by Gasteiger charge is 2.25. The van der Waals surface area contributed by atoms with Crippen molar-refractivity contribution < 1.29 is 4.79 Å². The number of rotatable bonds is 2. The fraction of sp³-hybridized carbons (Fsp3) is 0.917. The second kappa shape index (κ2) is 4.86. The third-order valence-electron chi connectivity index (χ3n) is 3.09. The van der Waals surface area contributed by atoms with E-state index in [-0.39, 0.29) is 6.03 Å². The lowest BCUT2D eigenvalue weighted by Gasteiger charge is -2.32. The van der Waals surface area contributed by atoms with Crippen molar-refractivity contribution in [3.63, 3.8) is 0 Å². The molecular weight excluding hydrogens is 188 g/mol. The average molecular weight is 212 g/mol. The molecule has 0 aromatic carbocycles. The van der Waals surface area contributed by atoms with Crippen LogP contribution in [-0.2, 0) is 0 Å². The molecule has 1 aliphatic carbocycles. The summed E-state index contributed by atoms with van der Waals surface area (Å²) in [6.45, 7) is 6.88. The Kier molecular flexibility index (Phi) is 4.00. The Bertz CT molecular complexity index is 212. The number of primary amides is 1. The SMILES string of the molecule is CC(C)(C)C[C@H]1CC[C@@H](NC(N)=O)CC1. The van der Waals surface area contributed by atoms with Gasteiger partial charge >= 0.3 is 6.03 Å². The highest BCUT2D eigenvalue weighted by molar-refractivity contribution is 5.71. The van der Waals surface area contributed by atoms with E-state index in [9.17, 15) is 4.79 Å². The van der Waals surface area contributed by atoms with Gasteiger partial charge in [0.05, 0.1) is 0 Å². The predicted octanol–water partition coefficient (Wildman–Crippen LogP) is 2.65. The molecule has 0 saturated heterocycles. The van der Waals surface area contributed by atoms with Gasteiger partial charge in [-0.05, 0) is 43.4 Å². The van der Waals surface area contributed by atoms with Gasteiger partial charge in [0.1, 0.15) is 0 Å². The van der Waals surface area contributed by atoms with Crippen molar-refractivity contribution in [3.8, 4) is 0 Å². The summed E-state index contributed by atoms with van der Waals surface area (Å²) in [6, 6.07) is -0.0620. The second-order valence-electron chi connectivity index (χ2n) is 5.99. The number of nitrogens with two attached hydrogens (primary N) is 1. The maximum absolute atomic E-state index is 10.7. The topological polar surface area (TPSA) is 55.1 Å². The molecule has 0 bridgehead atoms. The molecule has 3 N–H and O–H groups in total. The average Bonchev–Trinajstić information content (AvgIpc) is 2.05. The van der Waals surface area contributed by atoms with E-state index in [4.69, 9.17) is 5.73 Å². The van der Waals surface area contributed by atoms with Crippen molar-refractivity contribution in [2.45, 2.75) is 58.9 Å². The lowest BCUT2D eigenvalue weighted by atomic mass is 9.76. The number of hydrogen-bond donors (Lipinski definition) is 2. The number of urea groups is 1. The summed E-state index contributed by atoms with van der Waals surface area (Å²) < 4.78 is 0. The van der Waals surface area contributed by atoms with Crippen LogP contribution in [-0.4, -0.2) is 12.1 Å². The van der Waals surface area contributed by atoms with Gasteiger partial charge in [-0.2, -0.15) is 0 Å². The quantitative estimate of drug-likeness (QED) is 0.726. The van der Waals surface area contributed by atoms with Crippen molar-refractivity contribution in [2.75, 3.05) is 0 Å². The van der Waals surface area contributed by atoms with Crippen LogP contribution in [0.2, 0.25) is 0 Å². The lowest BCUT2D eigenvalue weighted by molar-refractivity contribution is 0.209. The lowest BCUT2D eigenvalue weighted by Crippen LogP contribution is -2.41. The van der Waals surface area contributed by atoms with Crippen molar-refractivity contribution in [1.29, 1.82) is 0 Å². The molecule has 0 unspecified atom stereocenters. The molecule has 0 radical (unpaired) electrons. The third-order valence-corrected chi connectivity index (χ3v) is 3.09. The van der Waals surface area contributed by atoms with Crippen LogP contribution in [0.25, 0.3) is 0 Å². The molecular formula is C12H24N2O. The number of carbonyl (C=O) groups excluding carboxylic acids is 1. The van der Waals surface area contributed by atoms with Crippen LogP contribution in [0.15, 0.2) is 0 Å². The van der Waals surface area contributed by atoms with E-state index in [0.29, 0.717) is 11.5 Å². The van der Waals surface area contributed by atoms with E-state index >= 15 is 0 Å². The molecule has 1 saturated carbocycles. The molecule has 1 fully saturated rings. The largest absolute Gasteiger partial charge is 0.352 e. The normalized spacial score (nSPS) is 27.4. The standard InChI is InChI=1S/C12H24N2O/c1-12(2,3)8-9-4-6-10(7-5-9)14-11(13)15/h9-10H,4-8H2,1-3H3,(H3,13,14,15)/t9-,10+. The molecule has 0 aromatic rings. The Labute approximate surface area is 92.8 Å². The Morgan fingerprint density at radius 1 is 1.27 bits per heavy atom. The first-order valence-corrected chi connectivity index (χ1v) is 5.93. The molecule has 88 valence electrons. The molecule has 1 aliphatic rings. The van der Waals surface area contributed by atoms with Gasteiger partial charge in [0.2, 0.25) is 0 Å². The van der Waals surface area contributed by atoms with Crippen molar-refractivity contribution in [3.05, 3.63) is 0 Å². The summed E-state index contributed by atoms with van der Waals surface area (Å²) in [5, 5.41) is 2.80. The van der Waals surface area contributed by atoms with Crippen LogP contribution >= 0.6 is 0 Å². The van der Waals surface area contributed by atoms with Crippen LogP contribution < -0.4 is 11.1 Å². The molecule has 0 atom stereocenters. The number of carbonyl (C=O) groups is 1. The summed E-state index contributed by atoms with van der Waals surface area (Å²) >= 11 is 0. The van der Waals surface area contributed by atoms with Crippen LogP contribution in [0.3, 0.4) is 0 Å². The van der Waals surface area contributed by atoms with Crippen LogP contribution in [0, 0.1) is 11.3 Å². The first kappa shape index (κ1) is 12.3. The molecule has 1 rings (SSSR count).